The van der Waals surface area contributed by atoms with Crippen LogP contribution in [0, 0.1) is 0 Å². The van der Waals surface area contributed by atoms with E-state index in [4.69, 9.17) is 9.47 Å². The maximum atomic E-state index is 12.1. The van der Waals surface area contributed by atoms with Crippen molar-refractivity contribution in [1.29, 1.82) is 0 Å². The first kappa shape index (κ1) is 17.7. The van der Waals surface area contributed by atoms with Gasteiger partial charge in [-0.2, -0.15) is 0 Å². The van der Waals surface area contributed by atoms with E-state index in [9.17, 15) is 4.79 Å². The Kier molecular flexibility index (Phi) is 6.07. The van der Waals surface area contributed by atoms with E-state index in [0.717, 1.165) is 11.3 Å². The van der Waals surface area contributed by atoms with Gasteiger partial charge in [0.15, 0.2) is 6.23 Å². The highest BCUT2D eigenvalue weighted by Crippen LogP contribution is 2.26. The van der Waals surface area contributed by atoms with Gasteiger partial charge >= 0.3 is 6.03 Å². The number of hydrogen-bond donors (Lipinski definition) is 2. The zero-order valence-corrected chi connectivity index (χ0v) is 14.5. The number of amides is 2. The Morgan fingerprint density at radius 3 is 2.25 bits per heavy atom. The van der Waals surface area contributed by atoms with Gasteiger partial charge in [-0.25, -0.2) is 4.79 Å². The fourth-order valence-electron chi connectivity index (χ4n) is 2.38. The Morgan fingerprint density at radius 2 is 1.58 bits per heavy atom. The highest BCUT2D eigenvalue weighted by molar-refractivity contribution is 5.90. The van der Waals surface area contributed by atoms with Crippen LogP contribution in [0.1, 0.15) is 32.3 Å². The summed E-state index contributed by atoms with van der Waals surface area (Å²) in [6.07, 6.45) is -0.473. The minimum Gasteiger partial charge on any atom is -0.495 e. The molecule has 0 fully saturated rings. The molecule has 0 saturated heterocycles. The van der Waals surface area contributed by atoms with Gasteiger partial charge < -0.3 is 20.1 Å². The Labute approximate surface area is 143 Å². The average Bonchev–Trinajstić information content (AvgIpc) is 2.55. The lowest BCUT2D eigenvalue weighted by molar-refractivity contribution is 0.181. The van der Waals surface area contributed by atoms with Crippen LogP contribution in [-0.4, -0.2) is 19.4 Å². The van der Waals surface area contributed by atoms with Crippen LogP contribution in [0.15, 0.2) is 48.5 Å². The van der Waals surface area contributed by atoms with E-state index in [1.807, 2.05) is 36.4 Å². The van der Waals surface area contributed by atoms with Crippen LogP contribution >= 0.6 is 0 Å². The Balaban J connectivity index is 1.97. The summed E-state index contributed by atoms with van der Waals surface area (Å²) in [5.74, 6) is 1.72. The lowest BCUT2D eigenvalue weighted by Gasteiger charge is -2.20. The van der Waals surface area contributed by atoms with E-state index in [1.165, 1.54) is 0 Å². The first-order valence-corrected chi connectivity index (χ1v) is 7.97. The summed E-state index contributed by atoms with van der Waals surface area (Å²) >= 11 is 0. The highest BCUT2D eigenvalue weighted by Gasteiger charge is 2.13. The van der Waals surface area contributed by atoms with Gasteiger partial charge in [0, 0.05) is 0 Å². The summed E-state index contributed by atoms with van der Waals surface area (Å²) in [6.45, 7) is 6.00. The smallest absolute Gasteiger partial charge is 0.322 e. The van der Waals surface area contributed by atoms with Crippen molar-refractivity contribution in [2.45, 2.75) is 32.9 Å². The molecule has 128 valence electrons. The normalized spacial score (nSPS) is 11.7. The summed E-state index contributed by atoms with van der Waals surface area (Å²) in [7, 11) is 1.56. The van der Waals surface area contributed by atoms with Crippen molar-refractivity contribution in [3.05, 3.63) is 54.1 Å². The molecule has 0 heterocycles. The molecular weight excluding hydrogens is 304 g/mol. The van der Waals surface area contributed by atoms with Crippen LogP contribution in [0.25, 0.3) is 0 Å². The van der Waals surface area contributed by atoms with Crippen molar-refractivity contribution < 1.29 is 14.3 Å². The number of hydrogen-bond acceptors (Lipinski definition) is 3. The number of carbonyl (C=O) groups excluding carboxylic acids is 1. The molecule has 2 amide bonds. The lowest BCUT2D eigenvalue weighted by Crippen LogP contribution is -2.39. The van der Waals surface area contributed by atoms with Crippen molar-refractivity contribution in [3.8, 4) is 11.5 Å². The number of urea groups is 1. The van der Waals surface area contributed by atoms with Crippen molar-refractivity contribution in [2.75, 3.05) is 12.4 Å². The summed E-state index contributed by atoms with van der Waals surface area (Å²) < 4.78 is 11.1. The van der Waals surface area contributed by atoms with Crippen LogP contribution in [0.2, 0.25) is 0 Å². The van der Waals surface area contributed by atoms with E-state index in [0.29, 0.717) is 17.4 Å². The predicted molar refractivity (Wildman–Crippen MR) is 95.8 cm³/mol. The van der Waals surface area contributed by atoms with Crippen molar-refractivity contribution >= 4 is 11.7 Å². The van der Waals surface area contributed by atoms with E-state index in [2.05, 4.69) is 24.5 Å². The highest BCUT2D eigenvalue weighted by atomic mass is 16.5. The molecule has 0 radical (unpaired) electrons. The Hall–Kier alpha value is -2.69. The van der Waals surface area contributed by atoms with Crippen molar-refractivity contribution in [2.24, 2.45) is 0 Å². The fraction of sp³-hybridized carbons (Fsp3) is 0.316. The van der Waals surface area contributed by atoms with E-state index in [-0.39, 0.29) is 6.03 Å². The van der Waals surface area contributed by atoms with Gasteiger partial charge in [0.1, 0.15) is 11.5 Å². The molecule has 5 nitrogen and oxygen atoms in total. The molecular formula is C19H24N2O3. The first-order valence-electron chi connectivity index (χ1n) is 7.97. The van der Waals surface area contributed by atoms with Crippen LogP contribution in [0.4, 0.5) is 10.5 Å². The fourth-order valence-corrected chi connectivity index (χ4v) is 2.38. The summed E-state index contributed by atoms with van der Waals surface area (Å²) in [6, 6.07) is 14.7. The average molecular weight is 328 g/mol. The number of para-hydroxylation sites is 3. The van der Waals surface area contributed by atoms with E-state index < -0.39 is 6.23 Å². The number of nitrogens with one attached hydrogen (secondary N) is 2. The predicted octanol–water partition coefficient (Wildman–Crippen LogP) is 4.37. The van der Waals surface area contributed by atoms with Gasteiger partial charge in [-0.3, -0.25) is 0 Å². The van der Waals surface area contributed by atoms with Crippen LogP contribution in [0.5, 0.6) is 11.5 Å². The second-order valence-corrected chi connectivity index (χ2v) is 5.75. The van der Waals surface area contributed by atoms with Gasteiger partial charge in [0.25, 0.3) is 0 Å². The molecule has 1 atom stereocenters. The summed E-state index contributed by atoms with van der Waals surface area (Å²) in [4.78, 5) is 12.1. The van der Waals surface area contributed by atoms with E-state index >= 15 is 0 Å². The third-order valence-electron chi connectivity index (χ3n) is 3.53. The van der Waals surface area contributed by atoms with Gasteiger partial charge in [-0.05, 0) is 36.6 Å². The third-order valence-corrected chi connectivity index (χ3v) is 3.53. The van der Waals surface area contributed by atoms with Crippen LogP contribution < -0.4 is 20.1 Å². The van der Waals surface area contributed by atoms with Crippen molar-refractivity contribution in [1.82, 2.24) is 5.32 Å². The molecule has 2 N–H and O–H groups in total. The van der Waals surface area contributed by atoms with Crippen LogP contribution in [-0.2, 0) is 0 Å². The minimum atomic E-state index is -0.473. The zero-order valence-electron chi connectivity index (χ0n) is 14.5. The zero-order chi connectivity index (χ0) is 17.5. The monoisotopic (exact) mass is 328 g/mol. The first-order chi connectivity index (χ1) is 11.5. The topological polar surface area (TPSA) is 59.6 Å². The summed E-state index contributed by atoms with van der Waals surface area (Å²) in [5.41, 5.74) is 1.71. The van der Waals surface area contributed by atoms with Gasteiger partial charge in [-0.15, -0.1) is 0 Å². The Bertz CT molecular complexity index is 686. The van der Waals surface area contributed by atoms with Crippen LogP contribution in [0.3, 0.4) is 0 Å². The lowest BCUT2D eigenvalue weighted by atomic mass is 10.0. The SMILES string of the molecule is COc1ccccc1NC(=O)NC(C)Oc1ccccc1C(C)C. The number of rotatable bonds is 6. The van der Waals surface area contributed by atoms with E-state index in [1.54, 1.807) is 26.2 Å². The standard InChI is InChI=1S/C19H24N2O3/c1-13(2)15-9-5-7-11-17(15)24-14(3)20-19(22)21-16-10-6-8-12-18(16)23-4/h5-14H,1-4H3,(H2,20,21,22). The number of ether oxygens (including phenoxy) is 2. The molecule has 0 aliphatic heterocycles. The largest absolute Gasteiger partial charge is 0.495 e. The number of anilines is 1. The number of benzene rings is 2. The van der Waals surface area contributed by atoms with Gasteiger partial charge in [-0.1, -0.05) is 44.2 Å². The molecule has 0 spiro atoms. The molecule has 5 heteroatoms. The molecule has 2 aromatic carbocycles. The third kappa shape index (κ3) is 4.65. The Morgan fingerprint density at radius 1 is 0.958 bits per heavy atom. The molecule has 1 unspecified atom stereocenters. The minimum absolute atomic E-state index is 0.343. The molecule has 0 saturated carbocycles. The molecule has 2 aromatic rings. The molecule has 0 aromatic heterocycles. The molecule has 0 aliphatic carbocycles. The van der Waals surface area contributed by atoms with Crippen molar-refractivity contribution in [3.63, 3.8) is 0 Å². The molecule has 24 heavy (non-hydrogen) atoms. The summed E-state index contributed by atoms with van der Waals surface area (Å²) in [5, 5.41) is 5.53. The second-order valence-electron chi connectivity index (χ2n) is 5.75. The van der Waals surface area contributed by atoms with Gasteiger partial charge in [0.05, 0.1) is 12.8 Å². The quantitative estimate of drug-likeness (QED) is 0.774. The number of methoxy groups -OCH3 is 1. The maximum absolute atomic E-state index is 12.1. The molecule has 0 bridgehead atoms. The number of carbonyl (C=O) groups is 1. The second kappa shape index (κ2) is 8.24. The van der Waals surface area contributed by atoms with Gasteiger partial charge in [0.2, 0.25) is 0 Å². The molecule has 0 aliphatic rings. The molecule has 2 rings (SSSR count). The maximum Gasteiger partial charge on any atom is 0.322 e.